The lowest BCUT2D eigenvalue weighted by molar-refractivity contribution is -0.124. The molecule has 0 spiro atoms. The Kier molecular flexibility index (Phi) is 11.2. The molecule has 0 aromatic carbocycles. The standard InChI is InChI=1S/C11H17N3O.2ClH/c1-9(7-12)11(15)14-6-4-10-3-2-5-13-8-10;;/h2-3,5,8-9H,4,6-7,12H2,1H3,(H,14,15);2*1H. The molecule has 0 saturated carbocycles. The molecule has 0 aliphatic heterocycles. The summed E-state index contributed by atoms with van der Waals surface area (Å²) >= 11 is 0. The molecule has 0 bridgehead atoms. The summed E-state index contributed by atoms with van der Waals surface area (Å²) in [6.07, 6.45) is 4.34. The number of halogens is 2. The first-order chi connectivity index (χ1) is 7.24. The van der Waals surface area contributed by atoms with Crippen LogP contribution in [0.5, 0.6) is 0 Å². The van der Waals surface area contributed by atoms with Crippen LogP contribution in [0.25, 0.3) is 0 Å². The molecule has 98 valence electrons. The van der Waals surface area contributed by atoms with Gasteiger partial charge in [0.25, 0.3) is 0 Å². The van der Waals surface area contributed by atoms with E-state index >= 15 is 0 Å². The fourth-order valence-electron chi connectivity index (χ4n) is 1.16. The Morgan fingerprint density at radius 2 is 2.24 bits per heavy atom. The topological polar surface area (TPSA) is 68.0 Å². The summed E-state index contributed by atoms with van der Waals surface area (Å²) in [5.41, 5.74) is 6.51. The fraction of sp³-hybridized carbons (Fsp3) is 0.455. The first kappa shape index (κ1) is 18.5. The monoisotopic (exact) mass is 279 g/mol. The summed E-state index contributed by atoms with van der Waals surface area (Å²) in [5, 5.41) is 2.84. The molecule has 6 heteroatoms. The minimum atomic E-state index is -0.112. The maximum atomic E-state index is 11.4. The number of hydrogen-bond donors (Lipinski definition) is 2. The van der Waals surface area contributed by atoms with Crippen LogP contribution in [0.15, 0.2) is 24.5 Å². The average molecular weight is 280 g/mol. The van der Waals surface area contributed by atoms with E-state index in [9.17, 15) is 4.79 Å². The Bertz CT molecular complexity index is 309. The molecule has 0 fully saturated rings. The van der Waals surface area contributed by atoms with Gasteiger partial charge in [0.1, 0.15) is 0 Å². The van der Waals surface area contributed by atoms with Crippen molar-refractivity contribution in [1.29, 1.82) is 0 Å². The van der Waals surface area contributed by atoms with Gasteiger partial charge in [-0.15, -0.1) is 24.8 Å². The highest BCUT2D eigenvalue weighted by atomic mass is 35.5. The minimum absolute atomic E-state index is 0. The van der Waals surface area contributed by atoms with E-state index in [-0.39, 0.29) is 36.6 Å². The van der Waals surface area contributed by atoms with Gasteiger partial charge in [-0.05, 0) is 18.1 Å². The lowest BCUT2D eigenvalue weighted by atomic mass is 10.1. The quantitative estimate of drug-likeness (QED) is 0.851. The molecular weight excluding hydrogens is 261 g/mol. The zero-order valence-corrected chi connectivity index (χ0v) is 11.4. The molecule has 1 aromatic heterocycles. The van der Waals surface area contributed by atoms with Crippen LogP contribution in [0.1, 0.15) is 12.5 Å². The first-order valence-electron chi connectivity index (χ1n) is 5.10. The van der Waals surface area contributed by atoms with Crippen molar-refractivity contribution in [2.24, 2.45) is 11.7 Å². The fourth-order valence-corrected chi connectivity index (χ4v) is 1.16. The van der Waals surface area contributed by atoms with Crippen molar-refractivity contribution < 1.29 is 4.79 Å². The molecule has 1 heterocycles. The van der Waals surface area contributed by atoms with Crippen LogP contribution in [0.3, 0.4) is 0 Å². The zero-order valence-electron chi connectivity index (χ0n) is 9.76. The number of hydrogen-bond acceptors (Lipinski definition) is 3. The van der Waals surface area contributed by atoms with Gasteiger partial charge < -0.3 is 11.1 Å². The van der Waals surface area contributed by atoms with Gasteiger partial charge in [0.15, 0.2) is 0 Å². The third-order valence-corrected chi connectivity index (χ3v) is 2.24. The smallest absolute Gasteiger partial charge is 0.224 e. The van der Waals surface area contributed by atoms with Crippen molar-refractivity contribution in [2.75, 3.05) is 13.1 Å². The van der Waals surface area contributed by atoms with Gasteiger partial charge in [-0.3, -0.25) is 9.78 Å². The number of nitrogens with one attached hydrogen (secondary N) is 1. The molecule has 1 atom stereocenters. The summed E-state index contributed by atoms with van der Waals surface area (Å²) < 4.78 is 0. The van der Waals surface area contributed by atoms with E-state index in [1.165, 1.54) is 0 Å². The molecule has 3 N–H and O–H groups in total. The van der Waals surface area contributed by atoms with E-state index < -0.39 is 0 Å². The number of nitrogens with zero attached hydrogens (tertiary/aromatic N) is 1. The molecule has 0 saturated heterocycles. The number of aromatic nitrogens is 1. The van der Waals surface area contributed by atoms with Crippen molar-refractivity contribution in [1.82, 2.24) is 10.3 Å². The van der Waals surface area contributed by atoms with E-state index in [2.05, 4.69) is 10.3 Å². The molecule has 0 aliphatic carbocycles. The largest absolute Gasteiger partial charge is 0.355 e. The third-order valence-electron chi connectivity index (χ3n) is 2.24. The number of pyridine rings is 1. The van der Waals surface area contributed by atoms with Gasteiger partial charge in [-0.25, -0.2) is 0 Å². The van der Waals surface area contributed by atoms with Crippen LogP contribution < -0.4 is 11.1 Å². The number of carbonyl (C=O) groups is 1. The van der Waals surface area contributed by atoms with Gasteiger partial charge >= 0.3 is 0 Å². The second kappa shape index (κ2) is 10.3. The van der Waals surface area contributed by atoms with Crippen molar-refractivity contribution >= 4 is 30.7 Å². The highest BCUT2D eigenvalue weighted by Gasteiger charge is 2.08. The van der Waals surface area contributed by atoms with Gasteiger partial charge in [-0.2, -0.15) is 0 Å². The van der Waals surface area contributed by atoms with E-state index in [0.717, 1.165) is 12.0 Å². The molecular formula is C11H19Cl2N3O. The van der Waals surface area contributed by atoms with Gasteiger partial charge in [-0.1, -0.05) is 13.0 Å². The summed E-state index contributed by atoms with van der Waals surface area (Å²) in [7, 11) is 0. The highest BCUT2D eigenvalue weighted by Crippen LogP contribution is 1.96. The van der Waals surface area contributed by atoms with Gasteiger partial charge in [0.2, 0.25) is 5.91 Å². The number of carbonyl (C=O) groups excluding carboxylic acids is 1. The van der Waals surface area contributed by atoms with Crippen LogP contribution in [0.2, 0.25) is 0 Å². The Morgan fingerprint density at radius 3 is 2.76 bits per heavy atom. The Balaban J connectivity index is 0. The van der Waals surface area contributed by atoms with E-state index in [1.807, 2.05) is 19.1 Å². The molecule has 0 aliphatic rings. The summed E-state index contributed by atoms with van der Waals surface area (Å²) in [6.45, 7) is 2.84. The van der Waals surface area contributed by atoms with Crippen LogP contribution >= 0.6 is 24.8 Å². The van der Waals surface area contributed by atoms with Crippen LogP contribution in [-0.4, -0.2) is 24.0 Å². The Hall–Kier alpha value is -0.840. The van der Waals surface area contributed by atoms with Gasteiger partial charge in [0, 0.05) is 31.4 Å². The zero-order chi connectivity index (χ0) is 11.1. The Labute approximate surface area is 114 Å². The van der Waals surface area contributed by atoms with Crippen molar-refractivity contribution in [2.45, 2.75) is 13.3 Å². The lowest BCUT2D eigenvalue weighted by Gasteiger charge is -2.09. The summed E-state index contributed by atoms with van der Waals surface area (Å²) in [5.74, 6) is -0.0970. The van der Waals surface area contributed by atoms with Crippen molar-refractivity contribution in [3.05, 3.63) is 30.1 Å². The number of rotatable bonds is 5. The van der Waals surface area contributed by atoms with E-state index in [4.69, 9.17) is 5.73 Å². The van der Waals surface area contributed by atoms with Crippen LogP contribution in [0.4, 0.5) is 0 Å². The normalized spacial score (nSPS) is 10.7. The summed E-state index contributed by atoms with van der Waals surface area (Å²) in [6, 6.07) is 3.88. The Morgan fingerprint density at radius 1 is 1.53 bits per heavy atom. The molecule has 0 radical (unpaired) electrons. The maximum absolute atomic E-state index is 11.4. The molecule has 1 rings (SSSR count). The number of nitrogens with two attached hydrogens (primary N) is 1. The minimum Gasteiger partial charge on any atom is -0.355 e. The molecule has 1 aromatic rings. The summed E-state index contributed by atoms with van der Waals surface area (Å²) in [4.78, 5) is 15.4. The number of amides is 1. The van der Waals surface area contributed by atoms with Crippen LogP contribution in [0, 0.1) is 5.92 Å². The van der Waals surface area contributed by atoms with Crippen LogP contribution in [-0.2, 0) is 11.2 Å². The van der Waals surface area contributed by atoms with Crippen molar-refractivity contribution in [3.8, 4) is 0 Å². The highest BCUT2D eigenvalue weighted by molar-refractivity contribution is 5.85. The maximum Gasteiger partial charge on any atom is 0.224 e. The lowest BCUT2D eigenvalue weighted by Crippen LogP contribution is -2.34. The van der Waals surface area contributed by atoms with Gasteiger partial charge in [0.05, 0.1) is 0 Å². The molecule has 1 unspecified atom stereocenters. The predicted molar refractivity (Wildman–Crippen MR) is 73.7 cm³/mol. The predicted octanol–water partition coefficient (Wildman–Crippen LogP) is 1.18. The second-order valence-electron chi connectivity index (χ2n) is 3.54. The van der Waals surface area contributed by atoms with E-state index in [0.29, 0.717) is 13.1 Å². The first-order valence-corrected chi connectivity index (χ1v) is 5.10. The van der Waals surface area contributed by atoms with Crippen molar-refractivity contribution in [3.63, 3.8) is 0 Å². The third kappa shape index (κ3) is 7.15. The molecule has 1 amide bonds. The van der Waals surface area contributed by atoms with E-state index in [1.54, 1.807) is 12.4 Å². The SMILES string of the molecule is CC(CN)C(=O)NCCc1cccnc1.Cl.Cl. The average Bonchev–Trinajstić information content (AvgIpc) is 2.29. The second-order valence-corrected chi connectivity index (χ2v) is 3.54. The molecule has 17 heavy (non-hydrogen) atoms. The molecule has 4 nitrogen and oxygen atoms in total.